The van der Waals surface area contributed by atoms with Crippen LogP contribution in [0.15, 0.2) is 12.5 Å². The Hall–Kier alpha value is -1.56. The van der Waals surface area contributed by atoms with Crippen molar-refractivity contribution in [3.63, 3.8) is 0 Å². The molecule has 1 N–H and O–H groups in total. The first-order valence-corrected chi connectivity index (χ1v) is 7.46. The highest BCUT2D eigenvalue weighted by molar-refractivity contribution is 5.68. The van der Waals surface area contributed by atoms with Crippen LogP contribution in [0.1, 0.15) is 58.3 Å². The van der Waals surface area contributed by atoms with E-state index < -0.39 is 11.7 Å². The van der Waals surface area contributed by atoms with Gasteiger partial charge in [0.15, 0.2) is 0 Å². The molecule has 0 spiro atoms. The van der Waals surface area contributed by atoms with Gasteiger partial charge in [0.05, 0.1) is 36.9 Å². The van der Waals surface area contributed by atoms with Crippen LogP contribution >= 0.6 is 0 Å². The molecule has 0 aliphatic carbocycles. The molecule has 6 nitrogen and oxygen atoms in total. The van der Waals surface area contributed by atoms with E-state index in [9.17, 15) is 4.79 Å². The standard InChI is InChI=1S/C15H25N3O3/c1-11(17-14(19)21-15(2,3)4)13-8-16-10-18(13)12-6-5-7-20-9-12/h8,10-12H,5-7,9H2,1-4H3,(H,17,19)/t11-,12?/m1/s1. The van der Waals surface area contributed by atoms with Crippen molar-refractivity contribution in [3.8, 4) is 0 Å². The van der Waals surface area contributed by atoms with Crippen molar-refractivity contribution in [1.82, 2.24) is 14.9 Å². The molecule has 21 heavy (non-hydrogen) atoms. The first kappa shape index (κ1) is 15.8. The Morgan fingerprint density at radius 1 is 1.57 bits per heavy atom. The number of ether oxygens (including phenoxy) is 2. The van der Waals surface area contributed by atoms with Gasteiger partial charge >= 0.3 is 6.09 Å². The summed E-state index contributed by atoms with van der Waals surface area (Å²) in [6, 6.07) is 0.128. The van der Waals surface area contributed by atoms with Gasteiger partial charge < -0.3 is 19.4 Å². The second-order valence-electron chi connectivity index (χ2n) is 6.46. The summed E-state index contributed by atoms with van der Waals surface area (Å²) in [5.41, 5.74) is 0.470. The molecule has 6 heteroatoms. The van der Waals surface area contributed by atoms with E-state index in [0.29, 0.717) is 12.6 Å². The van der Waals surface area contributed by atoms with Crippen molar-refractivity contribution in [1.29, 1.82) is 0 Å². The van der Waals surface area contributed by atoms with E-state index in [2.05, 4.69) is 14.9 Å². The van der Waals surface area contributed by atoms with Crippen molar-refractivity contribution in [2.45, 2.75) is 58.2 Å². The molecule has 2 atom stereocenters. The molecular formula is C15H25N3O3. The zero-order valence-corrected chi connectivity index (χ0v) is 13.3. The van der Waals surface area contributed by atoms with Gasteiger partial charge in [-0.1, -0.05) is 0 Å². The normalized spacial score (nSPS) is 20.9. The monoisotopic (exact) mass is 295 g/mol. The SMILES string of the molecule is C[C@@H](NC(=O)OC(C)(C)C)c1cncn1C1CCCOC1. The van der Waals surface area contributed by atoms with Gasteiger partial charge in [0.25, 0.3) is 0 Å². The summed E-state index contributed by atoms with van der Waals surface area (Å²) in [5.74, 6) is 0. The number of alkyl carbamates (subject to hydrolysis) is 1. The summed E-state index contributed by atoms with van der Waals surface area (Å²) in [5, 5.41) is 2.86. The van der Waals surface area contributed by atoms with Crippen LogP contribution in [0, 0.1) is 0 Å². The summed E-state index contributed by atoms with van der Waals surface area (Å²) in [6.45, 7) is 9.00. The third-order valence-electron chi connectivity index (χ3n) is 3.40. The fourth-order valence-corrected chi connectivity index (χ4v) is 2.46. The van der Waals surface area contributed by atoms with Crippen LogP contribution in [-0.4, -0.2) is 34.5 Å². The van der Waals surface area contributed by atoms with Gasteiger partial charge in [-0.05, 0) is 40.5 Å². The predicted octanol–water partition coefficient (Wildman–Crippen LogP) is 2.82. The fourth-order valence-electron chi connectivity index (χ4n) is 2.46. The van der Waals surface area contributed by atoms with Crippen molar-refractivity contribution in [2.24, 2.45) is 0 Å². The maximum Gasteiger partial charge on any atom is 0.408 e. The van der Waals surface area contributed by atoms with Crippen molar-refractivity contribution in [3.05, 3.63) is 18.2 Å². The minimum Gasteiger partial charge on any atom is -0.444 e. The number of amides is 1. The average molecular weight is 295 g/mol. The minimum atomic E-state index is -0.499. The molecule has 0 aromatic carbocycles. The Morgan fingerprint density at radius 3 is 2.95 bits per heavy atom. The number of carbonyl (C=O) groups excluding carboxylic acids is 1. The van der Waals surface area contributed by atoms with Crippen molar-refractivity contribution in [2.75, 3.05) is 13.2 Å². The molecule has 1 aliphatic heterocycles. The molecule has 0 bridgehead atoms. The van der Waals surface area contributed by atoms with E-state index in [1.54, 1.807) is 6.20 Å². The summed E-state index contributed by atoms with van der Waals surface area (Å²) in [6.07, 6.45) is 5.31. The van der Waals surface area contributed by atoms with Gasteiger partial charge in [-0.2, -0.15) is 0 Å². The van der Waals surface area contributed by atoms with E-state index in [1.807, 2.05) is 34.0 Å². The molecular weight excluding hydrogens is 270 g/mol. The van der Waals surface area contributed by atoms with Crippen LogP contribution in [0.5, 0.6) is 0 Å². The number of nitrogens with one attached hydrogen (secondary N) is 1. The Morgan fingerprint density at radius 2 is 2.33 bits per heavy atom. The molecule has 1 fully saturated rings. The summed E-state index contributed by atoms with van der Waals surface area (Å²) in [4.78, 5) is 16.1. The average Bonchev–Trinajstić information content (AvgIpc) is 2.86. The summed E-state index contributed by atoms with van der Waals surface area (Å²) >= 11 is 0. The molecule has 0 radical (unpaired) electrons. The molecule has 2 rings (SSSR count). The number of imidazole rings is 1. The van der Waals surface area contributed by atoms with E-state index >= 15 is 0 Å². The highest BCUT2D eigenvalue weighted by Gasteiger charge is 2.23. The molecule has 1 aromatic heterocycles. The van der Waals surface area contributed by atoms with E-state index in [0.717, 1.165) is 25.1 Å². The van der Waals surface area contributed by atoms with Crippen LogP contribution < -0.4 is 5.32 Å². The topological polar surface area (TPSA) is 65.4 Å². The smallest absolute Gasteiger partial charge is 0.408 e. The van der Waals surface area contributed by atoms with Gasteiger partial charge in [-0.15, -0.1) is 0 Å². The Balaban J connectivity index is 2.01. The molecule has 0 saturated carbocycles. The van der Waals surface area contributed by atoms with E-state index in [4.69, 9.17) is 9.47 Å². The molecule has 1 unspecified atom stereocenters. The lowest BCUT2D eigenvalue weighted by molar-refractivity contribution is 0.0493. The Kier molecular flexibility index (Phi) is 4.88. The fraction of sp³-hybridized carbons (Fsp3) is 0.733. The van der Waals surface area contributed by atoms with Crippen LogP contribution in [0.25, 0.3) is 0 Å². The van der Waals surface area contributed by atoms with Crippen molar-refractivity contribution < 1.29 is 14.3 Å². The van der Waals surface area contributed by atoms with Gasteiger partial charge in [-0.25, -0.2) is 9.78 Å². The summed E-state index contributed by atoms with van der Waals surface area (Å²) in [7, 11) is 0. The maximum absolute atomic E-state index is 11.9. The number of hydrogen-bond acceptors (Lipinski definition) is 4. The largest absolute Gasteiger partial charge is 0.444 e. The lowest BCUT2D eigenvalue weighted by Crippen LogP contribution is -2.35. The number of carbonyl (C=O) groups is 1. The van der Waals surface area contributed by atoms with Crippen molar-refractivity contribution >= 4 is 6.09 Å². The van der Waals surface area contributed by atoms with Gasteiger partial charge in [0.2, 0.25) is 0 Å². The Labute approximate surface area is 125 Å². The number of rotatable bonds is 3. The molecule has 1 saturated heterocycles. The zero-order chi connectivity index (χ0) is 15.5. The van der Waals surface area contributed by atoms with Crippen LogP contribution in [-0.2, 0) is 9.47 Å². The van der Waals surface area contributed by atoms with E-state index in [-0.39, 0.29) is 6.04 Å². The second-order valence-corrected chi connectivity index (χ2v) is 6.46. The van der Waals surface area contributed by atoms with E-state index in [1.165, 1.54) is 0 Å². The van der Waals surface area contributed by atoms with Crippen LogP contribution in [0.4, 0.5) is 4.79 Å². The first-order valence-electron chi connectivity index (χ1n) is 7.46. The second kappa shape index (κ2) is 6.47. The lowest BCUT2D eigenvalue weighted by Gasteiger charge is -2.27. The van der Waals surface area contributed by atoms with Gasteiger partial charge in [-0.3, -0.25) is 0 Å². The molecule has 2 heterocycles. The van der Waals surface area contributed by atoms with Gasteiger partial charge in [0, 0.05) is 6.61 Å². The highest BCUT2D eigenvalue weighted by atomic mass is 16.6. The Bertz CT molecular complexity index is 473. The predicted molar refractivity (Wildman–Crippen MR) is 79.1 cm³/mol. The zero-order valence-electron chi connectivity index (χ0n) is 13.3. The third kappa shape index (κ3) is 4.46. The number of aromatic nitrogens is 2. The minimum absolute atomic E-state index is 0.163. The quantitative estimate of drug-likeness (QED) is 0.931. The molecule has 118 valence electrons. The van der Waals surface area contributed by atoms with Crippen LogP contribution in [0.3, 0.4) is 0 Å². The lowest BCUT2D eigenvalue weighted by atomic mass is 10.1. The number of hydrogen-bond donors (Lipinski definition) is 1. The molecule has 1 aliphatic rings. The third-order valence-corrected chi connectivity index (χ3v) is 3.40. The van der Waals surface area contributed by atoms with Gasteiger partial charge in [0.1, 0.15) is 5.60 Å². The van der Waals surface area contributed by atoms with Crippen LogP contribution in [0.2, 0.25) is 0 Å². The highest BCUT2D eigenvalue weighted by Crippen LogP contribution is 2.24. The maximum atomic E-state index is 11.9. The number of nitrogens with zero attached hydrogens (tertiary/aromatic N) is 2. The molecule has 1 amide bonds. The summed E-state index contributed by atoms with van der Waals surface area (Å²) < 4.78 is 12.9. The molecule has 1 aromatic rings. The first-order chi connectivity index (χ1) is 9.87.